The number of hydrogen-bond donors (Lipinski definition) is 0. The fourth-order valence-electron chi connectivity index (χ4n) is 3.18. The Hall–Kier alpha value is -2.21. The maximum absolute atomic E-state index is 5.87. The fraction of sp³-hybridized carbons (Fsp3) is 0.438. The molecule has 1 saturated heterocycles. The summed E-state index contributed by atoms with van der Waals surface area (Å²) in [5, 5.41) is 4.23. The third-order valence-corrected chi connectivity index (χ3v) is 4.29. The summed E-state index contributed by atoms with van der Waals surface area (Å²) in [5.74, 6) is 0.798. The van der Waals surface area contributed by atoms with Gasteiger partial charge in [0.1, 0.15) is 18.2 Å². The van der Waals surface area contributed by atoms with Crippen LogP contribution in [-0.4, -0.2) is 37.2 Å². The molecule has 0 radical (unpaired) electrons. The lowest BCUT2D eigenvalue weighted by molar-refractivity contribution is 0.112. The van der Waals surface area contributed by atoms with Crippen molar-refractivity contribution in [2.45, 2.75) is 38.4 Å². The van der Waals surface area contributed by atoms with E-state index in [1.807, 2.05) is 28.9 Å². The molecule has 0 aliphatic carbocycles. The second-order valence-corrected chi connectivity index (χ2v) is 5.81. The highest BCUT2D eigenvalue weighted by atomic mass is 16.3. The van der Waals surface area contributed by atoms with Gasteiger partial charge in [0.15, 0.2) is 5.58 Å². The highest BCUT2D eigenvalue weighted by molar-refractivity contribution is 5.72. The summed E-state index contributed by atoms with van der Waals surface area (Å²) in [5.41, 5.74) is 1.80. The van der Waals surface area contributed by atoms with E-state index in [1.54, 1.807) is 12.7 Å². The van der Waals surface area contributed by atoms with E-state index in [0.29, 0.717) is 6.04 Å². The Morgan fingerprint density at radius 2 is 2.18 bits per heavy atom. The first-order valence-corrected chi connectivity index (χ1v) is 7.79. The van der Waals surface area contributed by atoms with Crippen LogP contribution in [0.3, 0.4) is 0 Å². The molecule has 1 aromatic carbocycles. The number of benzene rings is 1. The zero-order valence-electron chi connectivity index (χ0n) is 12.4. The average molecular weight is 297 g/mol. The number of aromatic nitrogens is 4. The quantitative estimate of drug-likeness (QED) is 0.740. The van der Waals surface area contributed by atoms with Gasteiger partial charge in [-0.15, -0.1) is 0 Å². The van der Waals surface area contributed by atoms with Crippen LogP contribution in [-0.2, 0) is 13.1 Å². The number of rotatable bonds is 4. The summed E-state index contributed by atoms with van der Waals surface area (Å²) in [6.07, 6.45) is 7.05. The normalized spacial score (nSPS) is 19.7. The maximum atomic E-state index is 5.87. The number of para-hydroxylation sites is 2. The highest BCUT2D eigenvalue weighted by Crippen LogP contribution is 2.22. The summed E-state index contributed by atoms with van der Waals surface area (Å²) in [4.78, 5) is 11.1. The van der Waals surface area contributed by atoms with Gasteiger partial charge in [0.05, 0.1) is 13.1 Å². The van der Waals surface area contributed by atoms with Crippen molar-refractivity contribution in [1.82, 2.24) is 24.6 Å². The van der Waals surface area contributed by atoms with Crippen molar-refractivity contribution >= 4 is 11.1 Å². The van der Waals surface area contributed by atoms with Crippen molar-refractivity contribution < 1.29 is 4.42 Å². The minimum atomic E-state index is 0.463. The van der Waals surface area contributed by atoms with Crippen LogP contribution in [0.4, 0.5) is 0 Å². The second kappa shape index (κ2) is 5.88. The van der Waals surface area contributed by atoms with Crippen LogP contribution in [0.1, 0.15) is 25.2 Å². The number of likely N-dealkylation sites (tertiary alicyclic amines) is 1. The zero-order chi connectivity index (χ0) is 14.8. The first-order valence-electron chi connectivity index (χ1n) is 7.79. The Labute approximate surface area is 128 Å². The third-order valence-electron chi connectivity index (χ3n) is 4.29. The minimum absolute atomic E-state index is 0.463. The Morgan fingerprint density at radius 1 is 1.23 bits per heavy atom. The van der Waals surface area contributed by atoms with Gasteiger partial charge in [-0.3, -0.25) is 9.58 Å². The van der Waals surface area contributed by atoms with Crippen molar-refractivity contribution in [3.05, 3.63) is 42.8 Å². The second-order valence-electron chi connectivity index (χ2n) is 5.81. The van der Waals surface area contributed by atoms with Gasteiger partial charge in [-0.1, -0.05) is 18.6 Å². The van der Waals surface area contributed by atoms with E-state index >= 15 is 0 Å². The Kier molecular flexibility index (Phi) is 3.60. The molecule has 2 aromatic heterocycles. The molecular weight excluding hydrogens is 278 g/mol. The summed E-state index contributed by atoms with van der Waals surface area (Å²) in [6, 6.07) is 8.39. The molecule has 0 saturated carbocycles. The molecule has 1 fully saturated rings. The Balaban J connectivity index is 1.51. The molecule has 0 unspecified atom stereocenters. The summed E-state index contributed by atoms with van der Waals surface area (Å²) in [6.45, 7) is 2.71. The van der Waals surface area contributed by atoms with Gasteiger partial charge < -0.3 is 4.42 Å². The van der Waals surface area contributed by atoms with Crippen molar-refractivity contribution in [3.63, 3.8) is 0 Å². The molecular formula is C16H19N5O. The molecule has 0 N–H and O–H groups in total. The van der Waals surface area contributed by atoms with Gasteiger partial charge in [0.25, 0.3) is 0 Å². The molecule has 1 atom stereocenters. The van der Waals surface area contributed by atoms with Crippen LogP contribution >= 0.6 is 0 Å². The van der Waals surface area contributed by atoms with Crippen molar-refractivity contribution in [2.24, 2.45) is 0 Å². The van der Waals surface area contributed by atoms with Crippen LogP contribution in [0.2, 0.25) is 0 Å². The van der Waals surface area contributed by atoms with Crippen molar-refractivity contribution in [3.8, 4) is 0 Å². The summed E-state index contributed by atoms with van der Waals surface area (Å²) in [7, 11) is 0. The van der Waals surface area contributed by atoms with E-state index in [1.165, 1.54) is 19.3 Å². The molecule has 0 bridgehead atoms. The van der Waals surface area contributed by atoms with Gasteiger partial charge in [0.2, 0.25) is 5.89 Å². The maximum Gasteiger partial charge on any atom is 0.209 e. The molecule has 0 spiro atoms. The van der Waals surface area contributed by atoms with E-state index in [-0.39, 0.29) is 0 Å². The predicted molar refractivity (Wildman–Crippen MR) is 82.1 cm³/mol. The lowest BCUT2D eigenvalue weighted by Gasteiger charge is -2.34. The number of oxazole rings is 1. The number of hydrogen-bond acceptors (Lipinski definition) is 5. The van der Waals surface area contributed by atoms with Gasteiger partial charge in [-0.05, 0) is 31.5 Å². The number of piperidine rings is 1. The topological polar surface area (TPSA) is 60.0 Å². The van der Waals surface area contributed by atoms with E-state index in [2.05, 4.69) is 20.0 Å². The van der Waals surface area contributed by atoms with E-state index in [0.717, 1.165) is 36.6 Å². The van der Waals surface area contributed by atoms with Gasteiger partial charge in [0, 0.05) is 6.04 Å². The fourth-order valence-corrected chi connectivity index (χ4v) is 3.18. The van der Waals surface area contributed by atoms with Crippen LogP contribution in [0, 0.1) is 0 Å². The molecule has 6 heteroatoms. The third kappa shape index (κ3) is 2.74. The number of fused-ring (bicyclic) bond motifs is 1. The molecule has 4 rings (SSSR count). The lowest BCUT2D eigenvalue weighted by atomic mass is 10.0. The van der Waals surface area contributed by atoms with Gasteiger partial charge >= 0.3 is 0 Å². The largest absolute Gasteiger partial charge is 0.439 e. The molecule has 0 amide bonds. The van der Waals surface area contributed by atoms with E-state index < -0.39 is 0 Å². The van der Waals surface area contributed by atoms with E-state index in [9.17, 15) is 0 Å². The molecule has 1 aliphatic heterocycles. The molecule has 3 heterocycles. The molecule has 6 nitrogen and oxygen atoms in total. The van der Waals surface area contributed by atoms with Gasteiger partial charge in [-0.25, -0.2) is 9.97 Å². The molecule has 3 aromatic rings. The molecule has 1 aliphatic rings. The average Bonchev–Trinajstić information content (AvgIpc) is 3.18. The Morgan fingerprint density at radius 3 is 3.05 bits per heavy atom. The van der Waals surface area contributed by atoms with Crippen molar-refractivity contribution in [1.29, 1.82) is 0 Å². The standard InChI is InChI=1S/C16H19N5O/c1-2-7-15-14(6-1)19-16(22-15)10-20-8-4-3-5-13(20)9-21-12-17-11-18-21/h1-2,6-7,11-13H,3-5,8-10H2/t13-/m0/s1. The first kappa shape index (κ1) is 13.5. The smallest absolute Gasteiger partial charge is 0.209 e. The van der Waals surface area contributed by atoms with Crippen molar-refractivity contribution in [2.75, 3.05) is 6.54 Å². The molecule has 114 valence electrons. The lowest BCUT2D eigenvalue weighted by Crippen LogP contribution is -2.41. The van der Waals surface area contributed by atoms with E-state index in [4.69, 9.17) is 4.42 Å². The minimum Gasteiger partial charge on any atom is -0.439 e. The summed E-state index contributed by atoms with van der Waals surface area (Å²) >= 11 is 0. The highest BCUT2D eigenvalue weighted by Gasteiger charge is 2.24. The molecule has 22 heavy (non-hydrogen) atoms. The monoisotopic (exact) mass is 297 g/mol. The summed E-state index contributed by atoms with van der Waals surface area (Å²) < 4.78 is 7.78. The van der Waals surface area contributed by atoms with Crippen LogP contribution in [0.15, 0.2) is 41.3 Å². The van der Waals surface area contributed by atoms with Gasteiger partial charge in [-0.2, -0.15) is 5.10 Å². The SMILES string of the molecule is c1ccc2oc(CN3CCCC[C@H]3Cn3cncn3)nc2c1. The number of nitrogens with zero attached hydrogens (tertiary/aromatic N) is 5. The first-order chi connectivity index (χ1) is 10.9. The predicted octanol–water partition coefficient (Wildman–Crippen LogP) is 2.47. The van der Waals surface area contributed by atoms with Crippen LogP contribution in [0.5, 0.6) is 0 Å². The van der Waals surface area contributed by atoms with Crippen LogP contribution in [0.25, 0.3) is 11.1 Å². The zero-order valence-corrected chi connectivity index (χ0v) is 12.4. The van der Waals surface area contributed by atoms with Crippen LogP contribution < -0.4 is 0 Å². The Bertz CT molecular complexity index is 703.